The van der Waals surface area contributed by atoms with E-state index in [2.05, 4.69) is 28.9 Å². The summed E-state index contributed by atoms with van der Waals surface area (Å²) in [7, 11) is 1.69. The molecule has 0 spiro atoms. The minimum absolute atomic E-state index is 0.0312. The van der Waals surface area contributed by atoms with Crippen LogP contribution in [0.25, 0.3) is 0 Å². The number of amides is 1. The Morgan fingerprint density at radius 3 is 2.78 bits per heavy atom. The van der Waals surface area contributed by atoms with Crippen molar-refractivity contribution in [1.29, 1.82) is 0 Å². The summed E-state index contributed by atoms with van der Waals surface area (Å²) in [6.07, 6.45) is 6.72. The molecule has 5 heteroatoms. The highest BCUT2D eigenvalue weighted by Crippen LogP contribution is 2.37. The first kappa shape index (κ1) is 18.4. The Hall–Kier alpha value is -2.01. The SMILES string of the molecule is COc1ccc([C@H]2CNC(=O)[C@H](Cc3cccs3)C2)cc1OC1CCCC1. The molecule has 2 atom stereocenters. The fourth-order valence-electron chi connectivity index (χ4n) is 4.23. The van der Waals surface area contributed by atoms with Crippen LogP contribution >= 0.6 is 11.3 Å². The molecular formula is C22H27NO3S. The number of hydrogen-bond donors (Lipinski definition) is 1. The molecule has 4 rings (SSSR count). The second-order valence-corrected chi connectivity index (χ2v) is 8.63. The number of thiophene rings is 1. The molecule has 4 nitrogen and oxygen atoms in total. The Kier molecular flexibility index (Phi) is 5.67. The number of benzene rings is 1. The highest BCUT2D eigenvalue weighted by Gasteiger charge is 2.30. The van der Waals surface area contributed by atoms with Crippen LogP contribution in [0.15, 0.2) is 35.7 Å². The predicted octanol–water partition coefficient (Wildman–Crippen LogP) is 4.54. The van der Waals surface area contributed by atoms with E-state index in [0.717, 1.165) is 37.2 Å². The molecule has 1 N–H and O–H groups in total. The zero-order valence-electron chi connectivity index (χ0n) is 15.8. The first-order valence-corrected chi connectivity index (χ1v) is 10.8. The topological polar surface area (TPSA) is 47.6 Å². The summed E-state index contributed by atoms with van der Waals surface area (Å²) in [5, 5.41) is 5.18. The number of carbonyl (C=O) groups is 1. The van der Waals surface area contributed by atoms with Gasteiger partial charge in [-0.3, -0.25) is 4.79 Å². The zero-order chi connectivity index (χ0) is 18.6. The Morgan fingerprint density at radius 2 is 2.04 bits per heavy atom. The molecule has 1 saturated carbocycles. The quantitative estimate of drug-likeness (QED) is 0.794. The van der Waals surface area contributed by atoms with Gasteiger partial charge in [0.05, 0.1) is 13.2 Å². The smallest absolute Gasteiger partial charge is 0.223 e. The van der Waals surface area contributed by atoms with Crippen LogP contribution in [0.3, 0.4) is 0 Å². The molecule has 2 aliphatic rings. The van der Waals surface area contributed by atoms with Gasteiger partial charge in [0.15, 0.2) is 11.5 Å². The lowest BCUT2D eigenvalue weighted by molar-refractivity contribution is -0.126. The normalized spacial score (nSPS) is 23.2. The number of rotatable bonds is 6. The van der Waals surface area contributed by atoms with Crippen molar-refractivity contribution in [3.63, 3.8) is 0 Å². The highest BCUT2D eigenvalue weighted by molar-refractivity contribution is 7.09. The molecule has 2 heterocycles. The standard InChI is InChI=1S/C22H27NO3S/c1-25-20-9-8-15(13-21(20)26-18-5-2-3-6-18)17-11-16(22(24)23-14-17)12-19-7-4-10-27-19/h4,7-10,13,16-18H,2-3,5-6,11-12,14H2,1H3,(H,23,24)/t16-,17+/m0/s1. The summed E-state index contributed by atoms with van der Waals surface area (Å²) < 4.78 is 11.8. The monoisotopic (exact) mass is 385 g/mol. The first-order chi connectivity index (χ1) is 13.2. The lowest BCUT2D eigenvalue weighted by Gasteiger charge is -2.30. The molecule has 1 amide bonds. The van der Waals surface area contributed by atoms with Crippen LogP contribution in [0.1, 0.15) is 48.5 Å². The maximum absolute atomic E-state index is 12.3. The Labute approximate surface area is 164 Å². The molecular weight excluding hydrogens is 358 g/mol. The molecule has 0 radical (unpaired) electrons. The van der Waals surface area contributed by atoms with Crippen LogP contribution < -0.4 is 14.8 Å². The van der Waals surface area contributed by atoms with E-state index in [0.29, 0.717) is 18.6 Å². The van der Waals surface area contributed by atoms with Crippen LogP contribution in [0, 0.1) is 5.92 Å². The van der Waals surface area contributed by atoms with Crippen LogP contribution in [-0.4, -0.2) is 25.7 Å². The lowest BCUT2D eigenvalue weighted by atomic mass is 9.83. The van der Waals surface area contributed by atoms with Crippen LogP contribution in [0.4, 0.5) is 0 Å². The van der Waals surface area contributed by atoms with Gasteiger partial charge in [0.25, 0.3) is 0 Å². The van der Waals surface area contributed by atoms with Gasteiger partial charge in [-0.15, -0.1) is 11.3 Å². The van der Waals surface area contributed by atoms with Crippen molar-refractivity contribution in [2.24, 2.45) is 5.92 Å². The molecule has 2 fully saturated rings. The molecule has 2 aromatic rings. The molecule has 1 aliphatic carbocycles. The van der Waals surface area contributed by atoms with Gasteiger partial charge in [-0.1, -0.05) is 12.1 Å². The zero-order valence-corrected chi connectivity index (χ0v) is 16.6. The Balaban J connectivity index is 1.50. The molecule has 1 aromatic heterocycles. The van der Waals surface area contributed by atoms with Gasteiger partial charge in [0.1, 0.15) is 0 Å². The average molecular weight is 386 g/mol. The molecule has 1 aliphatic heterocycles. The van der Waals surface area contributed by atoms with E-state index in [-0.39, 0.29) is 11.8 Å². The maximum Gasteiger partial charge on any atom is 0.223 e. The van der Waals surface area contributed by atoms with E-state index in [1.54, 1.807) is 18.4 Å². The number of hydrogen-bond acceptors (Lipinski definition) is 4. The number of carbonyl (C=O) groups excluding carboxylic acids is 1. The summed E-state index contributed by atoms with van der Waals surface area (Å²) in [5.41, 5.74) is 1.22. The van der Waals surface area contributed by atoms with E-state index in [1.807, 2.05) is 12.1 Å². The van der Waals surface area contributed by atoms with E-state index in [4.69, 9.17) is 9.47 Å². The van der Waals surface area contributed by atoms with Crippen molar-refractivity contribution in [2.45, 2.75) is 50.5 Å². The van der Waals surface area contributed by atoms with Crippen molar-refractivity contribution in [2.75, 3.05) is 13.7 Å². The first-order valence-electron chi connectivity index (χ1n) is 9.87. The van der Waals surface area contributed by atoms with Crippen molar-refractivity contribution >= 4 is 17.2 Å². The van der Waals surface area contributed by atoms with Gasteiger partial charge in [-0.05, 0) is 67.7 Å². The van der Waals surface area contributed by atoms with Crippen LogP contribution in [0.5, 0.6) is 11.5 Å². The highest BCUT2D eigenvalue weighted by atomic mass is 32.1. The summed E-state index contributed by atoms with van der Waals surface area (Å²) in [4.78, 5) is 13.6. The molecule has 1 aromatic carbocycles. The third-order valence-electron chi connectivity index (χ3n) is 5.75. The van der Waals surface area contributed by atoms with Crippen LogP contribution in [0.2, 0.25) is 0 Å². The largest absolute Gasteiger partial charge is 0.493 e. The summed E-state index contributed by atoms with van der Waals surface area (Å²) in [6, 6.07) is 10.4. The van der Waals surface area contributed by atoms with E-state index in [1.165, 1.54) is 23.3 Å². The number of ether oxygens (including phenoxy) is 2. The van der Waals surface area contributed by atoms with Gasteiger partial charge in [0.2, 0.25) is 5.91 Å². The fourth-order valence-corrected chi connectivity index (χ4v) is 5.02. The Bertz CT molecular complexity index is 768. The van der Waals surface area contributed by atoms with Gasteiger partial charge < -0.3 is 14.8 Å². The molecule has 27 heavy (non-hydrogen) atoms. The van der Waals surface area contributed by atoms with Crippen molar-refractivity contribution in [1.82, 2.24) is 5.32 Å². The summed E-state index contributed by atoms with van der Waals surface area (Å²) >= 11 is 1.72. The Morgan fingerprint density at radius 1 is 1.19 bits per heavy atom. The fraction of sp³-hybridized carbons (Fsp3) is 0.500. The van der Waals surface area contributed by atoms with Gasteiger partial charge in [0, 0.05) is 23.3 Å². The van der Waals surface area contributed by atoms with Gasteiger partial charge >= 0.3 is 0 Å². The van der Waals surface area contributed by atoms with Crippen LogP contribution in [-0.2, 0) is 11.2 Å². The lowest BCUT2D eigenvalue weighted by Crippen LogP contribution is -2.41. The minimum Gasteiger partial charge on any atom is -0.493 e. The molecule has 0 bridgehead atoms. The van der Waals surface area contributed by atoms with Gasteiger partial charge in [-0.2, -0.15) is 0 Å². The number of nitrogens with one attached hydrogen (secondary N) is 1. The molecule has 144 valence electrons. The maximum atomic E-state index is 12.3. The second-order valence-electron chi connectivity index (χ2n) is 7.59. The van der Waals surface area contributed by atoms with Crippen molar-refractivity contribution < 1.29 is 14.3 Å². The van der Waals surface area contributed by atoms with Crippen molar-refractivity contribution in [3.05, 3.63) is 46.2 Å². The average Bonchev–Trinajstić information content (AvgIpc) is 3.38. The third kappa shape index (κ3) is 4.29. The van der Waals surface area contributed by atoms with E-state index >= 15 is 0 Å². The second kappa shape index (κ2) is 8.34. The summed E-state index contributed by atoms with van der Waals surface area (Å²) in [5.74, 6) is 2.15. The van der Waals surface area contributed by atoms with E-state index in [9.17, 15) is 4.79 Å². The number of methoxy groups -OCH3 is 1. The molecule has 1 saturated heterocycles. The van der Waals surface area contributed by atoms with Crippen molar-refractivity contribution in [3.8, 4) is 11.5 Å². The number of piperidine rings is 1. The third-order valence-corrected chi connectivity index (χ3v) is 6.64. The minimum atomic E-state index is 0.0312. The van der Waals surface area contributed by atoms with Gasteiger partial charge in [-0.25, -0.2) is 0 Å². The summed E-state index contributed by atoms with van der Waals surface area (Å²) in [6.45, 7) is 0.689. The van der Waals surface area contributed by atoms with E-state index < -0.39 is 0 Å². The predicted molar refractivity (Wildman–Crippen MR) is 108 cm³/mol. The molecule has 0 unspecified atom stereocenters.